The van der Waals surface area contributed by atoms with E-state index in [1.54, 1.807) is 13.0 Å². The Kier molecular flexibility index (Phi) is 2.82. The third kappa shape index (κ3) is 1.83. The molecule has 0 bridgehead atoms. The van der Waals surface area contributed by atoms with Crippen LogP contribution in [0.3, 0.4) is 0 Å². The molecule has 1 aromatic carbocycles. The molecule has 0 aromatic heterocycles. The summed E-state index contributed by atoms with van der Waals surface area (Å²) in [5.41, 5.74) is 0.223. The van der Waals surface area contributed by atoms with Crippen LogP contribution >= 0.6 is 11.6 Å². The van der Waals surface area contributed by atoms with E-state index in [1.165, 1.54) is 12.1 Å². The van der Waals surface area contributed by atoms with Gasteiger partial charge in [-0.3, -0.25) is 0 Å². The molecule has 0 aliphatic heterocycles. The number of rotatable bonds is 1. The first-order valence-electron chi connectivity index (χ1n) is 3.42. The van der Waals surface area contributed by atoms with Crippen molar-refractivity contribution in [3.8, 4) is 0 Å². The van der Waals surface area contributed by atoms with Gasteiger partial charge >= 0.3 is 0 Å². The lowest BCUT2D eigenvalue weighted by atomic mass is 10.2. The Morgan fingerprint density at radius 3 is 2.58 bits per heavy atom. The summed E-state index contributed by atoms with van der Waals surface area (Å²) in [5, 5.41) is 0.285. The quantitative estimate of drug-likeness (QED) is 0.632. The molecule has 0 saturated carbocycles. The molecule has 0 atom stereocenters. The zero-order valence-electron chi connectivity index (χ0n) is 6.44. The van der Waals surface area contributed by atoms with Crippen molar-refractivity contribution in [2.45, 2.75) is 6.92 Å². The minimum Gasteiger partial charge on any atom is -0.207 e. The van der Waals surface area contributed by atoms with Crippen molar-refractivity contribution in [2.24, 2.45) is 0 Å². The summed E-state index contributed by atoms with van der Waals surface area (Å²) in [5.74, 6) is -1.24. The molecule has 0 saturated heterocycles. The van der Waals surface area contributed by atoms with Crippen molar-refractivity contribution in [2.75, 3.05) is 0 Å². The zero-order chi connectivity index (χ0) is 9.14. The van der Waals surface area contributed by atoms with Gasteiger partial charge in [0.2, 0.25) is 0 Å². The lowest BCUT2D eigenvalue weighted by molar-refractivity contribution is 0.581. The highest BCUT2D eigenvalue weighted by Gasteiger charge is 2.05. The Morgan fingerprint density at radius 1 is 1.42 bits per heavy atom. The van der Waals surface area contributed by atoms with Gasteiger partial charge in [-0.25, -0.2) is 8.78 Å². The number of halogens is 3. The Hall–Kier alpha value is -0.890. The standard InChI is InChI=1S/C9H7ClF2/c1-2-8(10)7-4-3-6(11)5-9(7)12/h2-5H,1H3. The average molecular weight is 189 g/mol. The molecule has 64 valence electrons. The summed E-state index contributed by atoms with van der Waals surface area (Å²) < 4.78 is 25.3. The van der Waals surface area contributed by atoms with Crippen LogP contribution in [-0.2, 0) is 0 Å². The molecule has 0 aliphatic rings. The van der Waals surface area contributed by atoms with Gasteiger partial charge < -0.3 is 0 Å². The first-order valence-corrected chi connectivity index (χ1v) is 3.80. The molecule has 0 spiro atoms. The Labute approximate surface area is 74.5 Å². The predicted molar refractivity (Wildman–Crippen MR) is 45.9 cm³/mol. The maximum atomic E-state index is 12.9. The molecule has 1 aromatic rings. The van der Waals surface area contributed by atoms with Crippen LogP contribution < -0.4 is 0 Å². The zero-order valence-corrected chi connectivity index (χ0v) is 7.20. The topological polar surface area (TPSA) is 0 Å². The summed E-state index contributed by atoms with van der Waals surface area (Å²) in [4.78, 5) is 0. The van der Waals surface area contributed by atoms with Crippen molar-refractivity contribution < 1.29 is 8.78 Å². The molecule has 0 unspecified atom stereocenters. The van der Waals surface area contributed by atoms with Gasteiger partial charge in [0, 0.05) is 16.7 Å². The summed E-state index contributed by atoms with van der Waals surface area (Å²) in [6.07, 6.45) is 1.55. The van der Waals surface area contributed by atoms with Gasteiger partial charge in [0.15, 0.2) is 0 Å². The van der Waals surface area contributed by atoms with Crippen molar-refractivity contribution >= 4 is 16.6 Å². The summed E-state index contributed by atoms with van der Waals surface area (Å²) in [7, 11) is 0. The van der Waals surface area contributed by atoms with E-state index in [0.29, 0.717) is 0 Å². The molecule has 12 heavy (non-hydrogen) atoms. The van der Waals surface area contributed by atoms with Gasteiger partial charge in [0.1, 0.15) is 11.6 Å². The fraction of sp³-hybridized carbons (Fsp3) is 0.111. The third-order valence-electron chi connectivity index (χ3n) is 1.44. The van der Waals surface area contributed by atoms with Crippen molar-refractivity contribution in [1.29, 1.82) is 0 Å². The van der Waals surface area contributed by atoms with Crippen molar-refractivity contribution in [3.05, 3.63) is 41.5 Å². The van der Waals surface area contributed by atoms with E-state index < -0.39 is 11.6 Å². The molecule has 3 heteroatoms. The molecule has 0 aliphatic carbocycles. The monoisotopic (exact) mass is 188 g/mol. The molecule has 0 heterocycles. The van der Waals surface area contributed by atoms with Crippen molar-refractivity contribution in [1.82, 2.24) is 0 Å². The molecule has 1 rings (SSSR count). The summed E-state index contributed by atoms with van der Waals surface area (Å²) in [6, 6.07) is 3.29. The highest BCUT2D eigenvalue weighted by Crippen LogP contribution is 2.21. The number of benzene rings is 1. The van der Waals surface area contributed by atoms with E-state index in [9.17, 15) is 8.78 Å². The predicted octanol–water partition coefficient (Wildman–Crippen LogP) is 3.56. The second-order valence-electron chi connectivity index (χ2n) is 2.26. The van der Waals surface area contributed by atoms with Crippen LogP contribution in [-0.4, -0.2) is 0 Å². The van der Waals surface area contributed by atoms with Crippen LogP contribution in [0.15, 0.2) is 24.3 Å². The van der Waals surface area contributed by atoms with Gasteiger partial charge in [0.05, 0.1) is 0 Å². The van der Waals surface area contributed by atoms with E-state index in [0.717, 1.165) is 6.07 Å². The maximum Gasteiger partial charge on any atom is 0.134 e. The van der Waals surface area contributed by atoms with Gasteiger partial charge in [-0.15, -0.1) is 0 Å². The second-order valence-corrected chi connectivity index (χ2v) is 2.67. The van der Waals surface area contributed by atoms with Gasteiger partial charge in [-0.05, 0) is 19.1 Å². The second kappa shape index (κ2) is 3.68. The van der Waals surface area contributed by atoms with Crippen LogP contribution in [0.4, 0.5) is 8.78 Å². The van der Waals surface area contributed by atoms with Crippen LogP contribution in [0.1, 0.15) is 12.5 Å². The van der Waals surface area contributed by atoms with E-state index in [4.69, 9.17) is 11.6 Å². The smallest absolute Gasteiger partial charge is 0.134 e. The molecule has 0 radical (unpaired) electrons. The first kappa shape index (κ1) is 9.20. The Bertz CT molecular complexity index is 318. The van der Waals surface area contributed by atoms with E-state index in [-0.39, 0.29) is 10.6 Å². The largest absolute Gasteiger partial charge is 0.207 e. The van der Waals surface area contributed by atoms with E-state index >= 15 is 0 Å². The number of hydrogen-bond acceptors (Lipinski definition) is 0. The minimum absolute atomic E-state index is 0.223. The van der Waals surface area contributed by atoms with Crippen LogP contribution in [0.25, 0.3) is 5.03 Å². The fourth-order valence-corrected chi connectivity index (χ4v) is 0.992. The van der Waals surface area contributed by atoms with E-state index in [2.05, 4.69) is 0 Å². The molecular formula is C9H7ClF2. The number of hydrogen-bond donors (Lipinski definition) is 0. The van der Waals surface area contributed by atoms with Crippen molar-refractivity contribution in [3.63, 3.8) is 0 Å². The molecule has 0 nitrogen and oxygen atoms in total. The molecule has 0 N–H and O–H groups in total. The minimum atomic E-state index is -0.641. The normalized spacial score (nSPS) is 11.8. The first-order chi connectivity index (χ1) is 5.65. The van der Waals surface area contributed by atoms with Gasteiger partial charge in [0.25, 0.3) is 0 Å². The summed E-state index contributed by atoms with van der Waals surface area (Å²) in [6.45, 7) is 1.69. The lowest BCUT2D eigenvalue weighted by Gasteiger charge is -1.99. The fourth-order valence-electron chi connectivity index (χ4n) is 0.839. The number of allylic oxidation sites excluding steroid dienone is 1. The molecule has 0 fully saturated rings. The molecule has 0 amide bonds. The van der Waals surface area contributed by atoms with Crippen LogP contribution in [0.5, 0.6) is 0 Å². The van der Waals surface area contributed by atoms with Gasteiger partial charge in [-0.1, -0.05) is 17.7 Å². The van der Waals surface area contributed by atoms with Gasteiger partial charge in [-0.2, -0.15) is 0 Å². The third-order valence-corrected chi connectivity index (χ3v) is 1.86. The highest BCUT2D eigenvalue weighted by molar-refractivity contribution is 6.48. The maximum absolute atomic E-state index is 12.9. The Balaban J connectivity index is 3.18. The van der Waals surface area contributed by atoms with Crippen LogP contribution in [0, 0.1) is 11.6 Å². The average Bonchev–Trinajstić information content (AvgIpc) is 2.03. The van der Waals surface area contributed by atoms with E-state index in [1.807, 2.05) is 0 Å². The lowest BCUT2D eigenvalue weighted by Crippen LogP contribution is -1.86. The summed E-state index contributed by atoms with van der Waals surface area (Å²) >= 11 is 5.65. The Morgan fingerprint density at radius 2 is 2.08 bits per heavy atom. The van der Waals surface area contributed by atoms with Crippen LogP contribution in [0.2, 0.25) is 0 Å². The SMILES string of the molecule is CC=C(Cl)c1ccc(F)cc1F. The highest BCUT2D eigenvalue weighted by atomic mass is 35.5. The molecular weight excluding hydrogens is 182 g/mol.